The van der Waals surface area contributed by atoms with Gasteiger partial charge in [0, 0.05) is 18.4 Å². The maximum atomic E-state index is 12.4. The van der Waals surface area contributed by atoms with Crippen molar-refractivity contribution in [2.45, 2.75) is 25.6 Å². The van der Waals surface area contributed by atoms with Gasteiger partial charge in [-0.2, -0.15) is 13.2 Å². The third kappa shape index (κ3) is 2.70. The van der Waals surface area contributed by atoms with Gasteiger partial charge in [-0.1, -0.05) is 0 Å². The van der Waals surface area contributed by atoms with Crippen LogP contribution in [0.1, 0.15) is 18.1 Å². The first kappa shape index (κ1) is 11.0. The topological polar surface area (TPSA) is 38.9 Å². The number of aromatic nitrogens is 1. The lowest BCUT2D eigenvalue weighted by Gasteiger charge is -2.13. The second-order valence-corrected chi connectivity index (χ2v) is 3.21. The van der Waals surface area contributed by atoms with Crippen molar-refractivity contribution in [2.75, 3.05) is 0 Å². The maximum Gasteiger partial charge on any atom is 0.418 e. The Hall–Kier alpha value is -1.10. The Morgan fingerprint density at radius 2 is 2.14 bits per heavy atom. The smallest absolute Gasteiger partial charge is 0.328 e. The molecule has 0 fully saturated rings. The Labute approximate surface area is 79.9 Å². The molecule has 5 heteroatoms. The minimum absolute atomic E-state index is 0.197. The van der Waals surface area contributed by atoms with Gasteiger partial charge in [-0.3, -0.25) is 4.98 Å². The molecule has 0 aliphatic heterocycles. The molecule has 0 aliphatic rings. The molecule has 2 N–H and O–H groups in total. The van der Waals surface area contributed by atoms with Crippen LogP contribution in [0.2, 0.25) is 0 Å². The minimum atomic E-state index is -4.35. The molecular formula is C9H11F3N2. The van der Waals surface area contributed by atoms with Crippen LogP contribution in [-0.2, 0) is 12.6 Å². The van der Waals surface area contributed by atoms with E-state index in [4.69, 9.17) is 5.73 Å². The fourth-order valence-corrected chi connectivity index (χ4v) is 1.20. The third-order valence-corrected chi connectivity index (χ3v) is 1.76. The molecule has 78 valence electrons. The van der Waals surface area contributed by atoms with Gasteiger partial charge in [0.15, 0.2) is 0 Å². The van der Waals surface area contributed by atoms with Gasteiger partial charge >= 0.3 is 6.18 Å². The van der Waals surface area contributed by atoms with E-state index in [1.807, 2.05) is 0 Å². The molecule has 1 rings (SSSR count). The molecule has 1 aromatic rings. The summed E-state index contributed by atoms with van der Waals surface area (Å²) in [6.45, 7) is 1.67. The lowest BCUT2D eigenvalue weighted by atomic mass is 10.0. The molecule has 0 amide bonds. The van der Waals surface area contributed by atoms with E-state index in [1.165, 1.54) is 12.3 Å². The Kier molecular flexibility index (Phi) is 3.10. The first-order valence-electron chi connectivity index (χ1n) is 4.17. The third-order valence-electron chi connectivity index (χ3n) is 1.76. The van der Waals surface area contributed by atoms with Crippen LogP contribution in [-0.4, -0.2) is 11.0 Å². The first-order chi connectivity index (χ1) is 6.41. The molecule has 0 spiro atoms. The van der Waals surface area contributed by atoms with Crippen LogP contribution in [0.25, 0.3) is 0 Å². The van der Waals surface area contributed by atoms with E-state index in [0.29, 0.717) is 0 Å². The van der Waals surface area contributed by atoms with E-state index in [9.17, 15) is 13.2 Å². The molecule has 1 heterocycles. The Morgan fingerprint density at radius 1 is 1.50 bits per heavy atom. The molecule has 0 radical (unpaired) electrons. The van der Waals surface area contributed by atoms with E-state index in [1.54, 1.807) is 6.92 Å². The van der Waals surface area contributed by atoms with E-state index in [0.717, 1.165) is 6.20 Å². The van der Waals surface area contributed by atoms with Crippen molar-refractivity contribution in [1.29, 1.82) is 0 Å². The van der Waals surface area contributed by atoms with Crippen molar-refractivity contribution in [3.63, 3.8) is 0 Å². The van der Waals surface area contributed by atoms with Crippen LogP contribution >= 0.6 is 0 Å². The highest BCUT2D eigenvalue weighted by Gasteiger charge is 2.33. The van der Waals surface area contributed by atoms with Gasteiger partial charge < -0.3 is 5.73 Å². The molecule has 2 nitrogen and oxygen atoms in total. The zero-order valence-corrected chi connectivity index (χ0v) is 7.67. The molecule has 1 atom stereocenters. The number of pyridine rings is 1. The van der Waals surface area contributed by atoms with Crippen LogP contribution in [0.5, 0.6) is 0 Å². The standard InChI is InChI=1S/C9H11F3N2/c1-6(13)4-7-2-3-14-5-8(7)9(10,11)12/h2-3,5-6H,4,13H2,1H3/t6-/m0/s1. The molecule has 0 bridgehead atoms. The number of halogens is 3. The molecular weight excluding hydrogens is 193 g/mol. The van der Waals surface area contributed by atoms with Crippen LogP contribution in [0.15, 0.2) is 18.5 Å². The highest BCUT2D eigenvalue weighted by molar-refractivity contribution is 5.26. The van der Waals surface area contributed by atoms with E-state index >= 15 is 0 Å². The molecule has 1 aromatic heterocycles. The highest BCUT2D eigenvalue weighted by Crippen LogP contribution is 2.31. The monoisotopic (exact) mass is 204 g/mol. The van der Waals surface area contributed by atoms with E-state index < -0.39 is 11.7 Å². The largest absolute Gasteiger partial charge is 0.418 e. The quantitative estimate of drug-likeness (QED) is 0.800. The number of rotatable bonds is 2. The normalized spacial score (nSPS) is 14.1. The average Bonchev–Trinajstić information content (AvgIpc) is 2.01. The summed E-state index contributed by atoms with van der Waals surface area (Å²) in [4.78, 5) is 3.46. The van der Waals surface area contributed by atoms with Crippen LogP contribution in [0, 0.1) is 0 Å². The van der Waals surface area contributed by atoms with Gasteiger partial charge in [-0.25, -0.2) is 0 Å². The second-order valence-electron chi connectivity index (χ2n) is 3.21. The summed E-state index contributed by atoms with van der Waals surface area (Å²) < 4.78 is 37.3. The van der Waals surface area contributed by atoms with Crippen LogP contribution < -0.4 is 5.73 Å². The van der Waals surface area contributed by atoms with Gasteiger partial charge in [0.25, 0.3) is 0 Å². The van der Waals surface area contributed by atoms with Crippen LogP contribution in [0.4, 0.5) is 13.2 Å². The van der Waals surface area contributed by atoms with E-state index in [2.05, 4.69) is 4.98 Å². The van der Waals surface area contributed by atoms with Crippen molar-refractivity contribution in [1.82, 2.24) is 4.98 Å². The fraction of sp³-hybridized carbons (Fsp3) is 0.444. The van der Waals surface area contributed by atoms with Crippen molar-refractivity contribution >= 4 is 0 Å². The summed E-state index contributed by atoms with van der Waals surface area (Å²) in [6.07, 6.45) is -1.97. The highest BCUT2D eigenvalue weighted by atomic mass is 19.4. The second kappa shape index (κ2) is 3.96. The summed E-state index contributed by atoms with van der Waals surface area (Å²) in [5, 5.41) is 0. The van der Waals surface area contributed by atoms with Crippen molar-refractivity contribution < 1.29 is 13.2 Å². The molecule has 14 heavy (non-hydrogen) atoms. The number of nitrogens with zero attached hydrogens (tertiary/aromatic N) is 1. The van der Waals surface area contributed by atoms with Crippen LogP contribution in [0.3, 0.4) is 0 Å². The number of nitrogens with two attached hydrogens (primary N) is 1. The van der Waals surface area contributed by atoms with Gasteiger partial charge in [0.05, 0.1) is 5.56 Å². The lowest BCUT2D eigenvalue weighted by Crippen LogP contribution is -2.20. The average molecular weight is 204 g/mol. The van der Waals surface area contributed by atoms with Crippen molar-refractivity contribution in [3.8, 4) is 0 Å². The van der Waals surface area contributed by atoms with Gasteiger partial charge in [-0.15, -0.1) is 0 Å². The van der Waals surface area contributed by atoms with E-state index in [-0.39, 0.29) is 18.0 Å². The minimum Gasteiger partial charge on any atom is -0.328 e. The zero-order valence-electron chi connectivity index (χ0n) is 7.67. The Bertz CT molecular complexity index is 307. The fourth-order valence-electron chi connectivity index (χ4n) is 1.20. The predicted molar refractivity (Wildman–Crippen MR) is 46.6 cm³/mol. The summed E-state index contributed by atoms with van der Waals surface area (Å²) >= 11 is 0. The Morgan fingerprint density at radius 3 is 2.64 bits per heavy atom. The molecule has 0 unspecified atom stereocenters. The summed E-state index contributed by atoms with van der Waals surface area (Å²) in [5.41, 5.74) is 4.95. The SMILES string of the molecule is C[C@H](N)Cc1ccncc1C(F)(F)F. The molecule has 0 aliphatic carbocycles. The van der Waals surface area contributed by atoms with Gasteiger partial charge in [0.1, 0.15) is 0 Å². The summed E-state index contributed by atoms with van der Waals surface area (Å²) in [7, 11) is 0. The van der Waals surface area contributed by atoms with Gasteiger partial charge in [0.2, 0.25) is 0 Å². The van der Waals surface area contributed by atoms with Crippen molar-refractivity contribution in [2.24, 2.45) is 5.73 Å². The number of alkyl halides is 3. The number of hydrogen-bond acceptors (Lipinski definition) is 2. The molecule has 0 saturated heterocycles. The Balaban J connectivity index is 3.04. The van der Waals surface area contributed by atoms with Gasteiger partial charge in [-0.05, 0) is 25.0 Å². The number of hydrogen-bond donors (Lipinski definition) is 1. The maximum absolute atomic E-state index is 12.4. The lowest BCUT2D eigenvalue weighted by molar-refractivity contribution is -0.138. The first-order valence-corrected chi connectivity index (χ1v) is 4.17. The molecule has 0 saturated carbocycles. The summed E-state index contributed by atoms with van der Waals surface area (Å²) in [5.74, 6) is 0. The predicted octanol–water partition coefficient (Wildman–Crippen LogP) is 1.99. The zero-order chi connectivity index (χ0) is 10.8. The molecule has 0 aromatic carbocycles. The summed E-state index contributed by atoms with van der Waals surface area (Å²) in [6, 6.07) is 1.06. The van der Waals surface area contributed by atoms with Crippen molar-refractivity contribution in [3.05, 3.63) is 29.6 Å².